The van der Waals surface area contributed by atoms with Crippen LogP contribution in [0.25, 0.3) is 0 Å². The van der Waals surface area contributed by atoms with E-state index in [1.807, 2.05) is 13.8 Å². The molecule has 7 nitrogen and oxygen atoms in total. The molecule has 4 aliphatic rings. The number of piperazine rings is 1. The lowest BCUT2D eigenvalue weighted by molar-refractivity contribution is -0.163. The van der Waals surface area contributed by atoms with E-state index >= 15 is 0 Å². The summed E-state index contributed by atoms with van der Waals surface area (Å²) in [4.78, 5) is 30.8. The van der Waals surface area contributed by atoms with Crippen molar-refractivity contribution in [1.29, 1.82) is 0 Å². The van der Waals surface area contributed by atoms with Crippen LogP contribution in [-0.4, -0.2) is 78.9 Å². The molecule has 0 aromatic carbocycles. The molecule has 4 unspecified atom stereocenters. The molecule has 2 saturated heterocycles. The summed E-state index contributed by atoms with van der Waals surface area (Å²) in [6.07, 6.45) is 9.01. The molecule has 0 bridgehead atoms. The van der Waals surface area contributed by atoms with E-state index in [9.17, 15) is 18.0 Å². The Kier molecular flexibility index (Phi) is 7.44. The zero-order chi connectivity index (χ0) is 23.9. The highest BCUT2D eigenvalue weighted by atomic mass is 32.2. The van der Waals surface area contributed by atoms with Gasteiger partial charge in [0.25, 0.3) is 5.91 Å². The van der Waals surface area contributed by atoms with Gasteiger partial charge in [-0.25, -0.2) is 8.42 Å². The third kappa shape index (κ3) is 5.12. The summed E-state index contributed by atoms with van der Waals surface area (Å²) in [5.41, 5.74) is 0. The highest BCUT2D eigenvalue weighted by molar-refractivity contribution is 7.91. The molecular formula is C25H42N2O5S. The summed E-state index contributed by atoms with van der Waals surface area (Å²) in [7, 11) is -2.97. The number of fused-ring (bicyclic) bond motifs is 1. The van der Waals surface area contributed by atoms with Crippen molar-refractivity contribution in [2.75, 3.05) is 19.4 Å². The van der Waals surface area contributed by atoms with Crippen molar-refractivity contribution in [1.82, 2.24) is 9.80 Å². The molecule has 188 valence electrons. The van der Waals surface area contributed by atoms with Crippen molar-refractivity contribution < 1.29 is 22.7 Å². The molecule has 2 aliphatic heterocycles. The Bertz CT molecular complexity index is 830. The number of hydrogen-bond donors (Lipinski definition) is 0. The third-order valence-corrected chi connectivity index (χ3v) is 10.4. The Hall–Kier alpha value is -1.15. The Morgan fingerprint density at radius 2 is 1.61 bits per heavy atom. The van der Waals surface area contributed by atoms with Gasteiger partial charge in [-0.2, -0.15) is 0 Å². The van der Waals surface area contributed by atoms with Crippen LogP contribution in [0.15, 0.2) is 0 Å². The second-order valence-corrected chi connectivity index (χ2v) is 13.6. The standard InChI is InChI=1S/C25H42N2O5S/c1-16(2)24(28)27-17(3)15-26(25(29)23-6-5-13-32-23)22-14-19(9-12-21(22)27)18-7-10-20(11-8-18)33(4,30)31/h16-23H,5-15H2,1-4H3/t17-,18?,19?,20?,21?,22?,23?/m0/s1. The van der Waals surface area contributed by atoms with Crippen LogP contribution in [0.1, 0.15) is 78.6 Å². The van der Waals surface area contributed by atoms with E-state index in [0.29, 0.717) is 25.0 Å². The molecule has 2 amide bonds. The monoisotopic (exact) mass is 482 g/mol. The second-order valence-electron chi connectivity index (χ2n) is 11.3. The average molecular weight is 483 g/mol. The average Bonchev–Trinajstić information content (AvgIpc) is 3.32. The lowest BCUT2D eigenvalue weighted by Gasteiger charge is -2.55. The molecule has 0 radical (unpaired) electrons. The molecular weight excluding hydrogens is 440 g/mol. The summed E-state index contributed by atoms with van der Waals surface area (Å²) < 4.78 is 29.7. The quantitative estimate of drug-likeness (QED) is 0.615. The van der Waals surface area contributed by atoms with Crippen LogP contribution >= 0.6 is 0 Å². The van der Waals surface area contributed by atoms with Gasteiger partial charge in [-0.05, 0) is 76.5 Å². The maximum absolute atomic E-state index is 13.5. The number of nitrogens with zero attached hydrogens (tertiary/aromatic N) is 2. The molecule has 0 aromatic rings. The van der Waals surface area contributed by atoms with Crippen molar-refractivity contribution in [3.8, 4) is 0 Å². The number of carbonyl (C=O) groups is 2. The van der Waals surface area contributed by atoms with E-state index in [0.717, 1.165) is 57.8 Å². The van der Waals surface area contributed by atoms with Crippen molar-refractivity contribution >= 4 is 21.7 Å². The Morgan fingerprint density at radius 1 is 0.939 bits per heavy atom. The van der Waals surface area contributed by atoms with Gasteiger partial charge in [0.05, 0.1) is 17.3 Å². The van der Waals surface area contributed by atoms with E-state index in [-0.39, 0.29) is 47.2 Å². The van der Waals surface area contributed by atoms with Crippen molar-refractivity contribution in [3.05, 3.63) is 0 Å². The number of ether oxygens (including phenoxy) is 1. The number of carbonyl (C=O) groups excluding carboxylic acids is 2. The minimum Gasteiger partial charge on any atom is -0.368 e. The SMILES string of the molecule is CC(C)C(=O)N1C2CCC(C3CCC(S(C)(=O)=O)CC3)CC2N(C(=O)C2CCCO2)C[C@@H]1C. The second kappa shape index (κ2) is 9.84. The molecule has 5 atom stereocenters. The highest BCUT2D eigenvalue weighted by Gasteiger charge is 2.49. The summed E-state index contributed by atoms with van der Waals surface area (Å²) >= 11 is 0. The number of amides is 2. The lowest BCUT2D eigenvalue weighted by Crippen LogP contribution is -2.68. The molecule has 0 N–H and O–H groups in total. The Morgan fingerprint density at radius 3 is 2.18 bits per heavy atom. The van der Waals surface area contributed by atoms with Gasteiger partial charge in [0.15, 0.2) is 0 Å². The number of sulfone groups is 1. The normalized spacial score (nSPS) is 37.8. The van der Waals surface area contributed by atoms with Gasteiger partial charge < -0.3 is 14.5 Å². The van der Waals surface area contributed by atoms with Gasteiger partial charge >= 0.3 is 0 Å². The summed E-state index contributed by atoms with van der Waals surface area (Å²) in [6.45, 7) is 7.22. The van der Waals surface area contributed by atoms with Gasteiger partial charge in [-0.15, -0.1) is 0 Å². The Labute approximate surface area is 199 Å². The zero-order valence-electron chi connectivity index (χ0n) is 20.7. The lowest BCUT2D eigenvalue weighted by atomic mass is 9.69. The minimum atomic E-state index is -2.97. The van der Waals surface area contributed by atoms with Crippen LogP contribution in [0, 0.1) is 17.8 Å². The number of rotatable bonds is 4. The molecule has 0 aromatic heterocycles. The van der Waals surface area contributed by atoms with E-state index in [1.165, 1.54) is 6.26 Å². The first-order valence-electron chi connectivity index (χ1n) is 13.0. The summed E-state index contributed by atoms with van der Waals surface area (Å²) in [6, 6.07) is 0.109. The molecule has 8 heteroatoms. The van der Waals surface area contributed by atoms with Crippen LogP contribution in [0.3, 0.4) is 0 Å². The molecule has 2 saturated carbocycles. The smallest absolute Gasteiger partial charge is 0.252 e. The fraction of sp³-hybridized carbons (Fsp3) is 0.920. The number of hydrogen-bond acceptors (Lipinski definition) is 5. The molecule has 4 fully saturated rings. The van der Waals surface area contributed by atoms with E-state index in [2.05, 4.69) is 16.7 Å². The van der Waals surface area contributed by atoms with Crippen LogP contribution in [-0.2, 0) is 24.2 Å². The van der Waals surface area contributed by atoms with Gasteiger partial charge in [0, 0.05) is 31.4 Å². The molecule has 0 spiro atoms. The van der Waals surface area contributed by atoms with E-state index in [4.69, 9.17) is 4.74 Å². The first-order valence-corrected chi connectivity index (χ1v) is 15.0. The van der Waals surface area contributed by atoms with Crippen LogP contribution in [0.2, 0.25) is 0 Å². The highest BCUT2D eigenvalue weighted by Crippen LogP contribution is 2.44. The molecule has 33 heavy (non-hydrogen) atoms. The predicted octanol–water partition coefficient (Wildman–Crippen LogP) is 3.02. The topological polar surface area (TPSA) is 84.0 Å². The van der Waals surface area contributed by atoms with Crippen LogP contribution in [0.5, 0.6) is 0 Å². The predicted molar refractivity (Wildman–Crippen MR) is 127 cm³/mol. The van der Waals surface area contributed by atoms with Crippen molar-refractivity contribution in [3.63, 3.8) is 0 Å². The largest absolute Gasteiger partial charge is 0.368 e. The fourth-order valence-electron chi connectivity index (χ4n) is 6.96. The molecule has 4 rings (SSSR count). The van der Waals surface area contributed by atoms with Gasteiger partial charge in [-0.3, -0.25) is 9.59 Å². The Balaban J connectivity index is 1.52. The van der Waals surface area contributed by atoms with Gasteiger partial charge in [-0.1, -0.05) is 13.8 Å². The van der Waals surface area contributed by atoms with Gasteiger partial charge in [0.1, 0.15) is 15.9 Å². The maximum Gasteiger partial charge on any atom is 0.252 e. The van der Waals surface area contributed by atoms with Crippen LogP contribution < -0.4 is 0 Å². The van der Waals surface area contributed by atoms with Crippen LogP contribution in [0.4, 0.5) is 0 Å². The van der Waals surface area contributed by atoms with E-state index < -0.39 is 9.84 Å². The van der Waals surface area contributed by atoms with Gasteiger partial charge in [0.2, 0.25) is 5.91 Å². The zero-order valence-corrected chi connectivity index (χ0v) is 21.6. The summed E-state index contributed by atoms with van der Waals surface area (Å²) in [5, 5.41) is -0.197. The van der Waals surface area contributed by atoms with E-state index in [1.54, 1.807) is 0 Å². The van der Waals surface area contributed by atoms with Crippen molar-refractivity contribution in [2.45, 2.75) is 108 Å². The first kappa shape index (κ1) is 25.0. The summed E-state index contributed by atoms with van der Waals surface area (Å²) in [5.74, 6) is 1.23. The molecule has 2 aliphatic carbocycles. The fourth-order valence-corrected chi connectivity index (χ4v) is 8.09. The van der Waals surface area contributed by atoms with Crippen molar-refractivity contribution in [2.24, 2.45) is 17.8 Å². The third-order valence-electron chi connectivity index (χ3n) is 8.74. The molecule has 2 heterocycles. The minimum absolute atomic E-state index is 0.00764. The first-order chi connectivity index (χ1) is 15.6. The maximum atomic E-state index is 13.5.